The van der Waals surface area contributed by atoms with E-state index >= 15 is 0 Å². The van der Waals surface area contributed by atoms with E-state index < -0.39 is 23.6 Å². The van der Waals surface area contributed by atoms with Gasteiger partial charge in [-0.15, -0.1) is 10.2 Å². The van der Waals surface area contributed by atoms with Crippen molar-refractivity contribution in [3.8, 4) is 11.8 Å². The third kappa shape index (κ3) is 5.75. The summed E-state index contributed by atoms with van der Waals surface area (Å²) in [6.07, 6.45) is 4.31. The van der Waals surface area contributed by atoms with Gasteiger partial charge in [0, 0.05) is 36.0 Å². The molecule has 0 bridgehead atoms. The van der Waals surface area contributed by atoms with Crippen LogP contribution in [0.4, 0.5) is 19.7 Å². The van der Waals surface area contributed by atoms with Gasteiger partial charge in [-0.2, -0.15) is 13.8 Å². The second kappa shape index (κ2) is 10.4. The van der Waals surface area contributed by atoms with E-state index in [9.17, 15) is 18.7 Å². The van der Waals surface area contributed by atoms with E-state index in [1.54, 1.807) is 13.0 Å². The van der Waals surface area contributed by atoms with Crippen LogP contribution in [0.15, 0.2) is 17.9 Å². The predicted molar refractivity (Wildman–Crippen MR) is 137 cm³/mol. The molecule has 38 heavy (non-hydrogen) atoms. The minimum absolute atomic E-state index is 0.00307. The second-order valence-electron chi connectivity index (χ2n) is 9.45. The van der Waals surface area contributed by atoms with Crippen LogP contribution in [0.25, 0.3) is 5.57 Å². The molecule has 1 saturated heterocycles. The van der Waals surface area contributed by atoms with E-state index in [0.29, 0.717) is 42.7 Å². The molecular weight excluding hydrogens is 514 g/mol. The molecule has 1 amide bonds. The number of aromatic nitrogens is 3. The summed E-state index contributed by atoms with van der Waals surface area (Å²) >= 11 is 1.13. The molecule has 5 rings (SSSR count). The Balaban J connectivity index is 1.49. The summed E-state index contributed by atoms with van der Waals surface area (Å²) in [6.45, 7) is 2.83. The minimum atomic E-state index is -2.85. The molecule has 0 unspecified atom stereocenters. The number of carbonyl (C=O) groups excluding carboxylic acids is 1. The Hall–Kier alpha value is -4.05. The molecule has 3 aliphatic rings. The van der Waals surface area contributed by atoms with Crippen molar-refractivity contribution in [2.75, 3.05) is 30.4 Å². The number of halogens is 2. The molecule has 9 nitrogen and oxygen atoms in total. The van der Waals surface area contributed by atoms with Crippen LogP contribution in [0, 0.1) is 24.0 Å². The first-order valence-corrected chi connectivity index (χ1v) is 12.9. The number of rotatable bonds is 6. The lowest BCUT2D eigenvalue weighted by Crippen LogP contribution is -2.43. The van der Waals surface area contributed by atoms with Gasteiger partial charge in [0.25, 0.3) is 11.7 Å². The lowest BCUT2D eigenvalue weighted by atomic mass is 9.93. The molecule has 12 heteroatoms. The number of hydrogen-bond acceptors (Lipinski definition) is 7. The lowest BCUT2D eigenvalue weighted by molar-refractivity contribution is -0.280. The molecule has 2 aliphatic heterocycles. The van der Waals surface area contributed by atoms with E-state index in [1.807, 2.05) is 4.90 Å². The van der Waals surface area contributed by atoms with Crippen molar-refractivity contribution in [2.45, 2.75) is 44.6 Å². The monoisotopic (exact) mass is 538 g/mol. The molecule has 0 radical (unpaired) electrons. The molecular formula is C26H24F2N6O3S+2. The number of anilines is 2. The van der Waals surface area contributed by atoms with Crippen LogP contribution in [0.5, 0.6) is 0 Å². The summed E-state index contributed by atoms with van der Waals surface area (Å²) in [7, 11) is 1.36. The second-order valence-corrected chi connectivity index (χ2v) is 10.4. The normalized spacial score (nSPS) is 18.1. The number of alkyl halides is 2. The Morgan fingerprint density at radius 2 is 2.13 bits per heavy atom. The topological polar surface area (TPSA) is 116 Å². The molecule has 2 fully saturated rings. The maximum atomic E-state index is 13.5. The van der Waals surface area contributed by atoms with Gasteiger partial charge in [0.15, 0.2) is 5.01 Å². The number of piperidine rings is 1. The van der Waals surface area contributed by atoms with E-state index in [-0.39, 0.29) is 27.6 Å². The zero-order valence-corrected chi connectivity index (χ0v) is 21.5. The number of ether oxygens (including phenoxy) is 1. The first-order chi connectivity index (χ1) is 18.2. The highest BCUT2D eigenvalue weighted by atomic mass is 32.1. The number of aliphatic hydroxyl groups is 1. The molecule has 1 saturated carbocycles. The van der Waals surface area contributed by atoms with Crippen molar-refractivity contribution in [3.63, 3.8) is 0 Å². The number of allylic oxidation sites excluding steroid dienone is 2. The highest BCUT2D eigenvalue weighted by molar-refractivity contribution is 7.15. The number of nitrogens with zero attached hydrogens (tertiary/aromatic N) is 5. The molecule has 0 spiro atoms. The first-order valence-electron chi connectivity index (χ1n) is 12.0. The van der Waals surface area contributed by atoms with Crippen molar-refractivity contribution >= 4 is 45.3 Å². The van der Waals surface area contributed by atoms with E-state index in [0.717, 1.165) is 24.2 Å². The number of amides is 1. The van der Waals surface area contributed by atoms with Gasteiger partial charge in [0.2, 0.25) is 11.3 Å². The summed E-state index contributed by atoms with van der Waals surface area (Å²) in [5.41, 5.74) is -0.832. The van der Waals surface area contributed by atoms with Crippen molar-refractivity contribution in [1.29, 1.82) is 0 Å². The van der Waals surface area contributed by atoms with Gasteiger partial charge in [-0.25, -0.2) is 4.90 Å². The van der Waals surface area contributed by atoms with Gasteiger partial charge < -0.3 is 9.84 Å². The Labute approximate surface area is 221 Å². The number of methoxy groups -OCH3 is 1. The highest BCUT2D eigenvalue weighted by Gasteiger charge is 2.35. The van der Waals surface area contributed by atoms with Crippen LogP contribution >= 0.6 is 11.3 Å². The van der Waals surface area contributed by atoms with E-state index in [4.69, 9.17) is 4.74 Å². The molecule has 0 atom stereocenters. The Morgan fingerprint density at radius 3 is 2.82 bits per heavy atom. The van der Waals surface area contributed by atoms with Gasteiger partial charge in [0.05, 0.1) is 31.9 Å². The quantitative estimate of drug-likeness (QED) is 0.425. The predicted octanol–water partition coefficient (Wildman–Crippen LogP) is 1.67. The zero-order chi connectivity index (χ0) is 26.9. The summed E-state index contributed by atoms with van der Waals surface area (Å²) in [4.78, 5) is 19.7. The lowest BCUT2D eigenvalue weighted by Gasteiger charge is -2.30. The average molecular weight is 539 g/mol. The van der Waals surface area contributed by atoms with Crippen LogP contribution in [0.1, 0.15) is 53.5 Å². The SMILES string of the molecule is COC1=C=[N+]=C(C(F)F)C=C1c1cc(N2CCC(C)(O)CC2)[n+]#cc1C(=O)Nc1nnc(C#CC2CC2)s1. The molecule has 2 N–H and O–H groups in total. The summed E-state index contributed by atoms with van der Waals surface area (Å²) < 4.78 is 36.0. The van der Waals surface area contributed by atoms with Crippen LogP contribution in [-0.2, 0) is 4.74 Å². The molecule has 194 valence electrons. The van der Waals surface area contributed by atoms with E-state index in [1.165, 1.54) is 13.2 Å². The van der Waals surface area contributed by atoms with Crippen molar-refractivity contribution in [1.82, 2.24) is 14.9 Å². The average Bonchev–Trinajstić information content (AvgIpc) is 3.64. The fourth-order valence-corrected chi connectivity index (χ4v) is 4.54. The Bertz CT molecular complexity index is 1460. The Kier molecular flexibility index (Phi) is 6.98. The van der Waals surface area contributed by atoms with Gasteiger partial charge in [-0.1, -0.05) is 17.3 Å². The maximum Gasteiger partial charge on any atom is 0.383 e. The van der Waals surface area contributed by atoms with Gasteiger partial charge in [-0.3, -0.25) is 10.1 Å². The van der Waals surface area contributed by atoms with Crippen molar-refractivity contribution in [3.05, 3.63) is 40.2 Å². The third-order valence-corrected chi connectivity index (χ3v) is 7.12. The minimum Gasteiger partial charge on any atom is -0.484 e. The van der Waals surface area contributed by atoms with Crippen molar-refractivity contribution < 1.29 is 28.4 Å². The van der Waals surface area contributed by atoms with Gasteiger partial charge in [0.1, 0.15) is 5.56 Å². The van der Waals surface area contributed by atoms with Crippen molar-refractivity contribution in [2.24, 2.45) is 5.92 Å². The maximum absolute atomic E-state index is 13.5. The van der Waals surface area contributed by atoms with E-state index in [2.05, 4.69) is 49.1 Å². The molecule has 4 heterocycles. The van der Waals surface area contributed by atoms with Crippen LogP contribution in [0.3, 0.4) is 0 Å². The zero-order valence-electron chi connectivity index (χ0n) is 20.7. The van der Waals surface area contributed by atoms with Crippen LogP contribution in [-0.4, -0.2) is 65.0 Å². The first kappa shape index (κ1) is 25.6. The van der Waals surface area contributed by atoms with Crippen LogP contribution < -0.4 is 19.9 Å². The smallest absolute Gasteiger partial charge is 0.383 e. The standard InChI is InChI=1S/C26H23F2N6O3S/c1-26(36)7-9-34(10-8-26)21-12-16(17-11-19(23(27)28)29-14-20(17)37-2)18(13-30-21)24(35)31-25-33-32-22(38-25)6-5-15-3-4-15/h11-12,15,23,36H,3-4,7-10H2,1-2H3/q+1/p+1. The van der Waals surface area contributed by atoms with Gasteiger partial charge >= 0.3 is 23.8 Å². The summed E-state index contributed by atoms with van der Waals surface area (Å²) in [5.74, 6) is 8.92. The fourth-order valence-electron chi connectivity index (χ4n) is 3.94. The molecule has 2 aromatic rings. The largest absolute Gasteiger partial charge is 0.484 e. The fraction of sp³-hybridized carbons (Fsp3) is 0.423. The Morgan fingerprint density at radius 1 is 1.37 bits per heavy atom. The van der Waals surface area contributed by atoms with Crippen LogP contribution in [0.2, 0.25) is 0 Å². The number of nitrogens with one attached hydrogen (secondary N) is 1. The molecule has 1 aliphatic carbocycles. The van der Waals surface area contributed by atoms with Gasteiger partial charge in [-0.05, 0) is 30.4 Å². The number of carbonyl (C=O) groups is 1. The summed E-state index contributed by atoms with van der Waals surface area (Å²) in [6, 6.07) is 1.62. The number of hydrogen-bond donors (Lipinski definition) is 2. The molecule has 2 aromatic heterocycles. The summed E-state index contributed by atoms with van der Waals surface area (Å²) in [5, 5.41) is 21.7. The third-order valence-electron chi connectivity index (χ3n) is 6.36. The highest BCUT2D eigenvalue weighted by Crippen LogP contribution is 2.31. The molecule has 0 aromatic carbocycles.